The third kappa shape index (κ3) is 6.70. The van der Waals surface area contributed by atoms with Gasteiger partial charge in [0.05, 0.1) is 51.4 Å². The van der Waals surface area contributed by atoms with E-state index in [1.807, 2.05) is 17.0 Å². The Hall–Kier alpha value is -4.96. The first-order valence-electron chi connectivity index (χ1n) is 17.1. The van der Waals surface area contributed by atoms with Crippen molar-refractivity contribution in [3.63, 3.8) is 0 Å². The third-order valence-electron chi connectivity index (χ3n) is 10.3. The molecule has 2 aliphatic rings. The van der Waals surface area contributed by atoms with Gasteiger partial charge in [-0.3, -0.25) is 4.79 Å². The molecule has 10 heteroatoms. The summed E-state index contributed by atoms with van der Waals surface area (Å²) in [4.78, 5) is 23.4. The number of furan rings is 1. The van der Waals surface area contributed by atoms with Gasteiger partial charge >= 0.3 is 0 Å². The Morgan fingerprint density at radius 3 is 2.37 bits per heavy atom. The average Bonchev–Trinajstić information content (AvgIpc) is 3.91. The number of carbonyl (C=O) groups excluding carboxylic acids is 1. The van der Waals surface area contributed by atoms with Crippen LogP contribution in [0.2, 0.25) is 0 Å². The van der Waals surface area contributed by atoms with E-state index in [0.29, 0.717) is 48.5 Å². The van der Waals surface area contributed by atoms with Crippen molar-refractivity contribution in [3.8, 4) is 17.2 Å². The summed E-state index contributed by atoms with van der Waals surface area (Å²) < 4.78 is 24.1. The van der Waals surface area contributed by atoms with Gasteiger partial charge in [0.15, 0.2) is 11.5 Å². The molecule has 4 heterocycles. The smallest absolute Gasteiger partial charge is 0.254 e. The van der Waals surface area contributed by atoms with Crippen molar-refractivity contribution < 1.29 is 23.4 Å². The second-order valence-corrected chi connectivity index (χ2v) is 13.2. The lowest BCUT2D eigenvalue weighted by Crippen LogP contribution is -2.42. The van der Waals surface area contributed by atoms with Gasteiger partial charge in [-0.2, -0.15) is 0 Å². The number of hydrogen-bond donors (Lipinski definition) is 1. The Morgan fingerprint density at radius 1 is 0.939 bits per heavy atom. The highest BCUT2D eigenvalue weighted by atomic mass is 16.5. The van der Waals surface area contributed by atoms with Gasteiger partial charge in [0.2, 0.25) is 11.7 Å². The maximum atomic E-state index is 13.9. The first kappa shape index (κ1) is 32.6. The van der Waals surface area contributed by atoms with E-state index in [1.54, 1.807) is 46.0 Å². The molecule has 49 heavy (non-hydrogen) atoms. The molecule has 10 nitrogen and oxygen atoms in total. The van der Waals surface area contributed by atoms with Crippen LogP contribution < -0.4 is 19.5 Å². The lowest BCUT2D eigenvalue weighted by molar-refractivity contribution is 0.0779. The van der Waals surface area contributed by atoms with Crippen LogP contribution in [0.3, 0.4) is 0 Å². The van der Waals surface area contributed by atoms with Gasteiger partial charge in [-0.1, -0.05) is 42.5 Å². The van der Waals surface area contributed by atoms with Gasteiger partial charge in [-0.15, -0.1) is 0 Å². The van der Waals surface area contributed by atoms with Crippen LogP contribution in [-0.2, 0) is 12.0 Å². The number of rotatable bonds is 12. The molecule has 5 aromatic rings. The maximum Gasteiger partial charge on any atom is 0.254 e. The molecule has 7 rings (SSSR count). The van der Waals surface area contributed by atoms with Crippen molar-refractivity contribution in [2.75, 3.05) is 59.4 Å². The monoisotopic (exact) mass is 663 g/mol. The maximum absolute atomic E-state index is 13.9. The number of anilines is 1. The highest BCUT2D eigenvalue weighted by Crippen LogP contribution is 2.41. The Balaban J connectivity index is 1.01. The number of nitrogens with one attached hydrogen (secondary N) is 1. The van der Waals surface area contributed by atoms with Gasteiger partial charge in [0.1, 0.15) is 0 Å². The van der Waals surface area contributed by atoms with Gasteiger partial charge in [0.25, 0.3) is 5.91 Å². The van der Waals surface area contributed by atoms with Crippen molar-refractivity contribution in [2.45, 2.75) is 43.7 Å². The molecular formula is C39H45N5O5. The Labute approximate surface area is 287 Å². The van der Waals surface area contributed by atoms with E-state index in [1.165, 1.54) is 5.56 Å². The molecule has 0 saturated carbocycles. The lowest BCUT2D eigenvalue weighted by atomic mass is 9.76. The van der Waals surface area contributed by atoms with Crippen molar-refractivity contribution >= 4 is 22.9 Å². The van der Waals surface area contributed by atoms with E-state index in [2.05, 4.69) is 63.3 Å². The number of aromatic nitrogens is 2. The topological polar surface area (TPSA) is 94.2 Å². The van der Waals surface area contributed by atoms with Crippen LogP contribution in [-0.4, -0.2) is 85.4 Å². The standard InChI is InChI=1S/C39H45N5O5/c1-46-34-23-29(24-35(47-2)36(34)48-3)37(45)43-21-17-39(27-43,30-9-5-4-6-10-30)16-20-42-18-13-31(14-19-42)40-38-41-32-11-7-8-12-33(32)44(38)25-28-15-22-49-26-28/h4-12,15,22-24,26,31H,13-14,16-21,25,27H2,1-3H3,(H,40,41). The number of para-hydroxylation sites is 2. The zero-order valence-electron chi connectivity index (χ0n) is 28.6. The molecule has 0 radical (unpaired) electrons. The average molecular weight is 664 g/mol. The molecule has 1 atom stereocenters. The first-order valence-corrected chi connectivity index (χ1v) is 17.1. The fraction of sp³-hybridized carbons (Fsp3) is 0.385. The number of ether oxygens (including phenoxy) is 3. The molecule has 0 bridgehead atoms. The lowest BCUT2D eigenvalue weighted by Gasteiger charge is -2.36. The third-order valence-corrected chi connectivity index (χ3v) is 10.3. The number of likely N-dealkylation sites (tertiary alicyclic amines) is 2. The molecule has 2 saturated heterocycles. The zero-order chi connectivity index (χ0) is 33.8. The number of hydrogen-bond acceptors (Lipinski definition) is 8. The predicted molar refractivity (Wildman–Crippen MR) is 190 cm³/mol. The van der Waals surface area contributed by atoms with Crippen LogP contribution in [0.25, 0.3) is 11.0 Å². The summed E-state index contributed by atoms with van der Waals surface area (Å²) in [5.41, 5.74) is 4.93. The van der Waals surface area contributed by atoms with E-state index >= 15 is 0 Å². The number of fused-ring (bicyclic) bond motifs is 1. The van der Waals surface area contributed by atoms with Crippen LogP contribution >= 0.6 is 0 Å². The van der Waals surface area contributed by atoms with Crippen molar-refractivity contribution in [3.05, 3.63) is 102 Å². The first-order chi connectivity index (χ1) is 24.0. The van der Waals surface area contributed by atoms with Crippen LogP contribution in [0.4, 0.5) is 5.95 Å². The Morgan fingerprint density at radius 2 is 1.67 bits per heavy atom. The number of imidazole rings is 1. The summed E-state index contributed by atoms with van der Waals surface area (Å²) >= 11 is 0. The largest absolute Gasteiger partial charge is 0.493 e. The molecule has 256 valence electrons. The van der Waals surface area contributed by atoms with E-state index in [0.717, 1.165) is 67.9 Å². The molecule has 1 N–H and O–H groups in total. The van der Waals surface area contributed by atoms with E-state index in [9.17, 15) is 4.79 Å². The number of carbonyl (C=O) groups is 1. The SMILES string of the molecule is COc1cc(C(=O)N2CCC(CCN3CCC(Nc4nc5ccccc5n4Cc4ccoc4)CC3)(c3ccccc3)C2)cc(OC)c1OC. The van der Waals surface area contributed by atoms with Gasteiger partial charge in [0, 0.05) is 48.8 Å². The quantitative estimate of drug-likeness (QED) is 0.163. The molecule has 3 aromatic carbocycles. The summed E-state index contributed by atoms with van der Waals surface area (Å²) in [6.45, 7) is 5.07. The molecule has 0 aliphatic carbocycles. The van der Waals surface area contributed by atoms with Crippen LogP contribution in [0.5, 0.6) is 17.2 Å². The number of amides is 1. The minimum atomic E-state index is -0.120. The van der Waals surface area contributed by atoms with Gasteiger partial charge in [-0.25, -0.2) is 4.98 Å². The molecule has 2 aliphatic heterocycles. The Kier molecular flexibility index (Phi) is 9.48. The van der Waals surface area contributed by atoms with Crippen LogP contribution in [0.15, 0.2) is 89.7 Å². The molecule has 1 amide bonds. The number of piperidine rings is 1. The fourth-order valence-electron chi connectivity index (χ4n) is 7.58. The Bertz CT molecular complexity index is 1840. The fourth-order valence-corrected chi connectivity index (χ4v) is 7.58. The molecule has 1 unspecified atom stereocenters. The number of benzene rings is 3. The summed E-state index contributed by atoms with van der Waals surface area (Å²) in [5.74, 6) is 2.32. The minimum Gasteiger partial charge on any atom is -0.493 e. The van der Waals surface area contributed by atoms with Gasteiger partial charge in [-0.05, 0) is 68.1 Å². The predicted octanol–water partition coefficient (Wildman–Crippen LogP) is 6.45. The van der Waals surface area contributed by atoms with Crippen molar-refractivity contribution in [2.24, 2.45) is 0 Å². The molecular weight excluding hydrogens is 618 g/mol. The molecule has 0 spiro atoms. The van der Waals surface area contributed by atoms with Gasteiger partial charge < -0.3 is 38.3 Å². The van der Waals surface area contributed by atoms with E-state index in [4.69, 9.17) is 23.6 Å². The minimum absolute atomic E-state index is 0.0252. The van der Waals surface area contributed by atoms with E-state index < -0.39 is 0 Å². The molecule has 2 aromatic heterocycles. The summed E-state index contributed by atoms with van der Waals surface area (Å²) in [6.07, 6.45) is 7.49. The zero-order valence-corrected chi connectivity index (χ0v) is 28.6. The summed E-state index contributed by atoms with van der Waals surface area (Å²) in [6, 6.07) is 24.9. The number of nitrogens with zero attached hydrogens (tertiary/aromatic N) is 4. The molecule has 2 fully saturated rings. The summed E-state index contributed by atoms with van der Waals surface area (Å²) in [5, 5.41) is 3.78. The summed E-state index contributed by atoms with van der Waals surface area (Å²) in [7, 11) is 4.71. The highest BCUT2D eigenvalue weighted by Gasteiger charge is 2.42. The van der Waals surface area contributed by atoms with Crippen LogP contribution in [0, 0.1) is 0 Å². The second-order valence-electron chi connectivity index (χ2n) is 13.2. The second kappa shape index (κ2) is 14.3. The van der Waals surface area contributed by atoms with Crippen molar-refractivity contribution in [1.82, 2.24) is 19.4 Å². The number of methoxy groups -OCH3 is 3. The van der Waals surface area contributed by atoms with Crippen LogP contribution in [0.1, 0.15) is 47.2 Å². The van der Waals surface area contributed by atoms with Crippen molar-refractivity contribution in [1.29, 1.82) is 0 Å². The highest BCUT2D eigenvalue weighted by molar-refractivity contribution is 5.96. The normalized spacial score (nSPS) is 18.6. The van der Waals surface area contributed by atoms with E-state index in [-0.39, 0.29) is 11.3 Å².